The molecule has 0 aromatic carbocycles. The Hall–Kier alpha value is -2.81. The lowest BCUT2D eigenvalue weighted by Gasteiger charge is -2.35. The van der Waals surface area contributed by atoms with Gasteiger partial charge in [-0.1, -0.05) is 6.07 Å². The van der Waals surface area contributed by atoms with Crippen molar-refractivity contribution in [2.75, 3.05) is 31.1 Å². The average molecular weight is 341 g/mol. The Balaban J connectivity index is 1.44. The van der Waals surface area contributed by atoms with Crippen LogP contribution in [0.5, 0.6) is 0 Å². The SMILES string of the molecule is O=C(c1cccs1)N1CCN(c2cc(-n3cncn3)ncn2)CC1. The number of hydrogen-bond donors (Lipinski definition) is 0. The molecule has 1 aliphatic rings. The van der Waals surface area contributed by atoms with Crippen LogP contribution in [0.25, 0.3) is 5.82 Å². The molecule has 1 amide bonds. The van der Waals surface area contributed by atoms with Crippen LogP contribution in [0.1, 0.15) is 9.67 Å². The van der Waals surface area contributed by atoms with Crippen LogP contribution in [-0.4, -0.2) is 61.7 Å². The molecule has 122 valence electrons. The Labute approximate surface area is 142 Å². The fraction of sp³-hybridized carbons (Fsp3) is 0.267. The van der Waals surface area contributed by atoms with Crippen molar-refractivity contribution in [3.63, 3.8) is 0 Å². The zero-order chi connectivity index (χ0) is 16.4. The van der Waals surface area contributed by atoms with Gasteiger partial charge in [-0.25, -0.2) is 19.6 Å². The summed E-state index contributed by atoms with van der Waals surface area (Å²) in [6.07, 6.45) is 4.59. The van der Waals surface area contributed by atoms with Crippen molar-refractivity contribution in [3.05, 3.63) is 47.4 Å². The second-order valence-electron chi connectivity index (χ2n) is 5.33. The van der Waals surface area contributed by atoms with Gasteiger partial charge in [-0.05, 0) is 11.4 Å². The van der Waals surface area contributed by atoms with Gasteiger partial charge >= 0.3 is 0 Å². The average Bonchev–Trinajstić information content (AvgIpc) is 3.35. The molecule has 0 atom stereocenters. The molecule has 1 aliphatic heterocycles. The van der Waals surface area contributed by atoms with E-state index in [0.717, 1.165) is 23.8 Å². The molecule has 0 bridgehead atoms. The van der Waals surface area contributed by atoms with Crippen molar-refractivity contribution in [1.29, 1.82) is 0 Å². The summed E-state index contributed by atoms with van der Waals surface area (Å²) in [6.45, 7) is 2.84. The van der Waals surface area contributed by atoms with Gasteiger partial charge in [0, 0.05) is 32.2 Å². The highest BCUT2D eigenvalue weighted by atomic mass is 32.1. The Morgan fingerprint density at radius 3 is 2.62 bits per heavy atom. The van der Waals surface area contributed by atoms with Gasteiger partial charge in [0.25, 0.3) is 5.91 Å². The van der Waals surface area contributed by atoms with Gasteiger partial charge in [-0.15, -0.1) is 11.3 Å². The second-order valence-corrected chi connectivity index (χ2v) is 6.28. The minimum absolute atomic E-state index is 0.107. The van der Waals surface area contributed by atoms with E-state index in [1.54, 1.807) is 11.0 Å². The number of nitrogens with zero attached hydrogens (tertiary/aromatic N) is 7. The standard InChI is InChI=1S/C15H15N7OS/c23-15(12-2-1-7-24-12)21-5-3-20(4-6-21)13-8-14(18-10-17-13)22-11-16-9-19-22/h1-2,7-11H,3-6H2. The summed E-state index contributed by atoms with van der Waals surface area (Å²) >= 11 is 1.48. The van der Waals surface area contributed by atoms with Gasteiger partial charge in [-0.2, -0.15) is 5.10 Å². The number of rotatable bonds is 3. The first-order valence-corrected chi connectivity index (χ1v) is 8.44. The van der Waals surface area contributed by atoms with Crippen molar-refractivity contribution >= 4 is 23.1 Å². The van der Waals surface area contributed by atoms with Crippen molar-refractivity contribution in [3.8, 4) is 5.82 Å². The zero-order valence-electron chi connectivity index (χ0n) is 12.8. The fourth-order valence-corrected chi connectivity index (χ4v) is 3.35. The smallest absolute Gasteiger partial charge is 0.264 e. The maximum absolute atomic E-state index is 12.4. The summed E-state index contributed by atoms with van der Waals surface area (Å²) in [7, 11) is 0. The maximum Gasteiger partial charge on any atom is 0.264 e. The Morgan fingerprint density at radius 1 is 1.08 bits per heavy atom. The molecule has 9 heteroatoms. The largest absolute Gasteiger partial charge is 0.353 e. The molecule has 1 fully saturated rings. The summed E-state index contributed by atoms with van der Waals surface area (Å²) in [6, 6.07) is 5.65. The summed E-state index contributed by atoms with van der Waals surface area (Å²) in [5.74, 6) is 1.61. The van der Waals surface area contributed by atoms with Gasteiger partial charge in [-0.3, -0.25) is 4.79 Å². The number of carbonyl (C=O) groups excluding carboxylic acids is 1. The van der Waals surface area contributed by atoms with Crippen LogP contribution in [0.2, 0.25) is 0 Å². The predicted octanol–water partition coefficient (Wildman–Crippen LogP) is 1.08. The Morgan fingerprint density at radius 2 is 1.92 bits per heavy atom. The number of thiophene rings is 1. The van der Waals surface area contributed by atoms with E-state index in [0.29, 0.717) is 18.9 Å². The molecular weight excluding hydrogens is 326 g/mol. The third-order valence-corrected chi connectivity index (χ3v) is 4.77. The number of hydrogen-bond acceptors (Lipinski definition) is 7. The van der Waals surface area contributed by atoms with Crippen LogP contribution >= 0.6 is 11.3 Å². The molecule has 4 heterocycles. The molecule has 8 nitrogen and oxygen atoms in total. The van der Waals surface area contributed by atoms with E-state index in [1.165, 1.54) is 24.0 Å². The highest BCUT2D eigenvalue weighted by Crippen LogP contribution is 2.18. The van der Waals surface area contributed by atoms with Gasteiger partial charge in [0.1, 0.15) is 24.8 Å². The molecule has 4 rings (SSSR count). The van der Waals surface area contributed by atoms with Crippen LogP contribution in [0.4, 0.5) is 5.82 Å². The van der Waals surface area contributed by atoms with Crippen molar-refractivity contribution in [1.82, 2.24) is 29.6 Å². The first kappa shape index (κ1) is 14.8. The van der Waals surface area contributed by atoms with E-state index < -0.39 is 0 Å². The van der Waals surface area contributed by atoms with E-state index in [-0.39, 0.29) is 5.91 Å². The lowest BCUT2D eigenvalue weighted by molar-refractivity contribution is 0.0751. The van der Waals surface area contributed by atoms with Crippen molar-refractivity contribution < 1.29 is 4.79 Å². The second kappa shape index (κ2) is 6.36. The predicted molar refractivity (Wildman–Crippen MR) is 89.4 cm³/mol. The monoisotopic (exact) mass is 341 g/mol. The number of anilines is 1. The minimum Gasteiger partial charge on any atom is -0.353 e. The Bertz CT molecular complexity index is 810. The van der Waals surface area contributed by atoms with Crippen molar-refractivity contribution in [2.24, 2.45) is 0 Å². The molecule has 3 aromatic rings. The summed E-state index contributed by atoms with van der Waals surface area (Å²) < 4.78 is 1.60. The van der Waals surface area contributed by atoms with Crippen LogP contribution in [0.15, 0.2) is 42.6 Å². The molecule has 0 radical (unpaired) electrons. The Kier molecular flexibility index (Phi) is 3.91. The fourth-order valence-electron chi connectivity index (χ4n) is 2.66. The summed E-state index contributed by atoms with van der Waals surface area (Å²) in [4.78, 5) is 29.7. The van der Waals surface area contributed by atoms with Crippen LogP contribution < -0.4 is 4.90 Å². The highest BCUT2D eigenvalue weighted by Gasteiger charge is 2.23. The molecule has 3 aromatic heterocycles. The third kappa shape index (κ3) is 2.85. The topological polar surface area (TPSA) is 80.0 Å². The zero-order valence-corrected chi connectivity index (χ0v) is 13.6. The van der Waals surface area contributed by atoms with Crippen LogP contribution in [0, 0.1) is 0 Å². The van der Waals surface area contributed by atoms with E-state index in [4.69, 9.17) is 0 Å². The quantitative estimate of drug-likeness (QED) is 0.709. The normalized spacial score (nSPS) is 14.8. The first-order valence-electron chi connectivity index (χ1n) is 7.56. The molecule has 24 heavy (non-hydrogen) atoms. The molecule has 0 saturated carbocycles. The van der Waals surface area contributed by atoms with E-state index in [2.05, 4.69) is 25.0 Å². The van der Waals surface area contributed by atoms with E-state index in [1.807, 2.05) is 28.5 Å². The van der Waals surface area contributed by atoms with Gasteiger partial charge in [0.05, 0.1) is 4.88 Å². The molecule has 0 spiro atoms. The third-order valence-electron chi connectivity index (χ3n) is 3.91. The van der Waals surface area contributed by atoms with Gasteiger partial charge in [0.15, 0.2) is 5.82 Å². The minimum atomic E-state index is 0.107. The number of aromatic nitrogens is 5. The van der Waals surface area contributed by atoms with Gasteiger partial charge < -0.3 is 9.80 Å². The van der Waals surface area contributed by atoms with Crippen LogP contribution in [0.3, 0.4) is 0 Å². The lowest BCUT2D eigenvalue weighted by Crippen LogP contribution is -2.48. The van der Waals surface area contributed by atoms with E-state index in [9.17, 15) is 4.79 Å². The highest BCUT2D eigenvalue weighted by molar-refractivity contribution is 7.12. The first-order chi connectivity index (χ1) is 11.8. The molecule has 0 N–H and O–H groups in total. The molecule has 1 saturated heterocycles. The van der Waals surface area contributed by atoms with Gasteiger partial charge in [0.2, 0.25) is 0 Å². The summed E-state index contributed by atoms with van der Waals surface area (Å²) in [5, 5.41) is 6.01. The molecule has 0 unspecified atom stereocenters. The number of carbonyl (C=O) groups is 1. The number of amides is 1. The number of piperazine rings is 1. The molecular formula is C15H15N7OS. The maximum atomic E-state index is 12.4. The summed E-state index contributed by atoms with van der Waals surface area (Å²) in [5.41, 5.74) is 0. The van der Waals surface area contributed by atoms with Crippen molar-refractivity contribution in [2.45, 2.75) is 0 Å². The molecule has 0 aliphatic carbocycles. The van der Waals surface area contributed by atoms with E-state index >= 15 is 0 Å². The van der Waals surface area contributed by atoms with Crippen LogP contribution in [-0.2, 0) is 0 Å². The lowest BCUT2D eigenvalue weighted by atomic mass is 10.3.